The average Bonchev–Trinajstić information content (AvgIpc) is 2.77. The lowest BCUT2D eigenvalue weighted by Gasteiger charge is -2.19. The fraction of sp³-hybridized carbons (Fsp3) is 0.429. The highest BCUT2D eigenvalue weighted by atomic mass is 35.5. The lowest BCUT2D eigenvalue weighted by molar-refractivity contribution is 0.421. The first kappa shape index (κ1) is 14.9. The third-order valence-electron chi connectivity index (χ3n) is 2.73. The molecule has 0 radical (unpaired) electrons. The molecule has 0 spiro atoms. The second-order valence-corrected chi connectivity index (χ2v) is 6.18. The van der Waals surface area contributed by atoms with E-state index in [0.29, 0.717) is 23.7 Å². The zero-order valence-corrected chi connectivity index (χ0v) is 12.6. The van der Waals surface area contributed by atoms with Crippen LogP contribution in [0.3, 0.4) is 0 Å². The second-order valence-electron chi connectivity index (χ2n) is 5.75. The van der Waals surface area contributed by atoms with Gasteiger partial charge in [-0.15, -0.1) is 5.10 Å². The lowest BCUT2D eigenvalue weighted by atomic mass is 10.1. The fourth-order valence-corrected chi connectivity index (χ4v) is 1.84. The van der Waals surface area contributed by atoms with Crippen LogP contribution in [0.4, 0.5) is 4.39 Å². The maximum Gasteiger partial charge on any atom is 0.129 e. The van der Waals surface area contributed by atoms with Crippen LogP contribution < -0.4 is 5.32 Å². The van der Waals surface area contributed by atoms with Gasteiger partial charge in [0, 0.05) is 22.7 Å². The van der Waals surface area contributed by atoms with Crippen LogP contribution in [0.15, 0.2) is 24.4 Å². The predicted octanol–water partition coefficient (Wildman–Crippen LogP) is 3.01. The first-order valence-electron chi connectivity index (χ1n) is 6.41. The van der Waals surface area contributed by atoms with E-state index in [9.17, 15) is 4.39 Å². The number of rotatable bonds is 4. The van der Waals surface area contributed by atoms with Gasteiger partial charge < -0.3 is 5.32 Å². The molecule has 1 aromatic carbocycles. The van der Waals surface area contributed by atoms with Gasteiger partial charge in [-0.3, -0.25) is 0 Å². The predicted molar refractivity (Wildman–Crippen MR) is 77.1 cm³/mol. The van der Waals surface area contributed by atoms with Gasteiger partial charge in [0.1, 0.15) is 5.82 Å². The third-order valence-corrected chi connectivity index (χ3v) is 2.97. The molecule has 2 aromatic rings. The van der Waals surface area contributed by atoms with E-state index in [-0.39, 0.29) is 11.4 Å². The van der Waals surface area contributed by atoms with Crippen molar-refractivity contribution in [2.24, 2.45) is 0 Å². The Labute approximate surface area is 122 Å². The summed E-state index contributed by atoms with van der Waals surface area (Å²) in [7, 11) is 0. The molecule has 0 aliphatic carbocycles. The lowest BCUT2D eigenvalue weighted by Crippen LogP contribution is -2.35. The smallest absolute Gasteiger partial charge is 0.129 e. The van der Waals surface area contributed by atoms with Crippen LogP contribution in [0, 0.1) is 5.82 Å². The molecule has 20 heavy (non-hydrogen) atoms. The SMILES string of the molecule is CC(C)(C)NCc1cn(Cc2ccc(Cl)cc2F)nn1. The van der Waals surface area contributed by atoms with Gasteiger partial charge in [-0.25, -0.2) is 9.07 Å². The van der Waals surface area contributed by atoms with Crippen LogP contribution >= 0.6 is 11.6 Å². The van der Waals surface area contributed by atoms with Gasteiger partial charge in [0.15, 0.2) is 0 Å². The molecule has 0 bridgehead atoms. The molecule has 0 aliphatic rings. The highest BCUT2D eigenvalue weighted by Gasteiger charge is 2.11. The molecule has 0 atom stereocenters. The van der Waals surface area contributed by atoms with Crippen LogP contribution in [0.1, 0.15) is 32.0 Å². The topological polar surface area (TPSA) is 42.7 Å². The Morgan fingerprint density at radius 1 is 1.35 bits per heavy atom. The Kier molecular flexibility index (Phi) is 4.40. The van der Waals surface area contributed by atoms with Crippen LogP contribution in [0.2, 0.25) is 5.02 Å². The first-order valence-corrected chi connectivity index (χ1v) is 6.79. The molecular formula is C14H18ClFN4. The number of aromatic nitrogens is 3. The van der Waals surface area contributed by atoms with E-state index in [1.807, 2.05) is 6.20 Å². The molecule has 1 aromatic heterocycles. The minimum atomic E-state index is -0.331. The highest BCUT2D eigenvalue weighted by Crippen LogP contribution is 2.15. The zero-order valence-electron chi connectivity index (χ0n) is 11.8. The Hall–Kier alpha value is -1.46. The van der Waals surface area contributed by atoms with Gasteiger partial charge in [-0.1, -0.05) is 22.9 Å². The average molecular weight is 297 g/mol. The first-order chi connectivity index (χ1) is 9.33. The van der Waals surface area contributed by atoms with Crippen LogP contribution in [-0.2, 0) is 13.1 Å². The third kappa shape index (κ3) is 4.28. The molecule has 0 unspecified atom stereocenters. The second kappa shape index (κ2) is 5.89. The van der Waals surface area contributed by atoms with Gasteiger partial charge in [-0.05, 0) is 32.9 Å². The summed E-state index contributed by atoms with van der Waals surface area (Å²) in [6.07, 6.45) is 1.81. The van der Waals surface area contributed by atoms with Gasteiger partial charge in [0.25, 0.3) is 0 Å². The summed E-state index contributed by atoms with van der Waals surface area (Å²) in [6, 6.07) is 4.63. The molecule has 1 N–H and O–H groups in total. The summed E-state index contributed by atoms with van der Waals surface area (Å²) in [5.41, 5.74) is 1.38. The van der Waals surface area contributed by atoms with E-state index < -0.39 is 0 Å². The van der Waals surface area contributed by atoms with Gasteiger partial charge in [0.2, 0.25) is 0 Å². The monoisotopic (exact) mass is 296 g/mol. The molecule has 0 saturated carbocycles. The summed E-state index contributed by atoms with van der Waals surface area (Å²) in [5, 5.41) is 11.8. The Morgan fingerprint density at radius 2 is 2.10 bits per heavy atom. The van der Waals surface area contributed by atoms with E-state index >= 15 is 0 Å². The normalized spacial score (nSPS) is 11.8. The maximum absolute atomic E-state index is 13.7. The summed E-state index contributed by atoms with van der Waals surface area (Å²) >= 11 is 5.72. The van der Waals surface area contributed by atoms with Crippen LogP contribution in [0.25, 0.3) is 0 Å². The number of hydrogen-bond donors (Lipinski definition) is 1. The van der Waals surface area contributed by atoms with E-state index in [0.717, 1.165) is 5.69 Å². The number of hydrogen-bond acceptors (Lipinski definition) is 3. The van der Waals surface area contributed by atoms with Crippen molar-refractivity contribution >= 4 is 11.6 Å². The molecule has 0 aliphatic heterocycles. The van der Waals surface area contributed by atoms with Crippen molar-refractivity contribution < 1.29 is 4.39 Å². The van der Waals surface area contributed by atoms with Crippen molar-refractivity contribution in [2.45, 2.75) is 39.4 Å². The van der Waals surface area contributed by atoms with Crippen molar-refractivity contribution in [2.75, 3.05) is 0 Å². The Balaban J connectivity index is 2.02. The number of nitrogens with one attached hydrogen (secondary N) is 1. The molecule has 4 nitrogen and oxygen atoms in total. The Bertz CT molecular complexity index is 589. The van der Waals surface area contributed by atoms with Crippen LogP contribution in [0.5, 0.6) is 0 Å². The number of halogens is 2. The quantitative estimate of drug-likeness (QED) is 0.943. The molecule has 1 heterocycles. The van der Waals surface area contributed by atoms with Gasteiger partial charge in [0.05, 0.1) is 18.4 Å². The van der Waals surface area contributed by atoms with E-state index in [2.05, 4.69) is 36.4 Å². The molecular weight excluding hydrogens is 279 g/mol. The zero-order chi connectivity index (χ0) is 14.8. The van der Waals surface area contributed by atoms with E-state index in [4.69, 9.17) is 11.6 Å². The van der Waals surface area contributed by atoms with Crippen molar-refractivity contribution in [3.8, 4) is 0 Å². The highest BCUT2D eigenvalue weighted by molar-refractivity contribution is 6.30. The molecule has 2 rings (SSSR count). The standard InChI is InChI=1S/C14H18ClFN4/c1-14(2,3)17-7-12-9-20(19-18-12)8-10-4-5-11(15)6-13(10)16/h4-6,9,17H,7-8H2,1-3H3. The molecule has 0 saturated heterocycles. The van der Waals surface area contributed by atoms with Crippen molar-refractivity contribution in [1.82, 2.24) is 20.3 Å². The minimum absolute atomic E-state index is 0.0199. The summed E-state index contributed by atoms with van der Waals surface area (Å²) in [6.45, 7) is 7.22. The minimum Gasteiger partial charge on any atom is -0.306 e. The van der Waals surface area contributed by atoms with Gasteiger partial charge in [-0.2, -0.15) is 0 Å². The van der Waals surface area contributed by atoms with E-state index in [1.165, 1.54) is 6.07 Å². The van der Waals surface area contributed by atoms with E-state index in [1.54, 1.807) is 16.8 Å². The molecule has 108 valence electrons. The molecule has 0 amide bonds. The maximum atomic E-state index is 13.7. The molecule has 0 fully saturated rings. The van der Waals surface area contributed by atoms with Crippen molar-refractivity contribution in [3.63, 3.8) is 0 Å². The van der Waals surface area contributed by atoms with Crippen molar-refractivity contribution in [3.05, 3.63) is 46.5 Å². The number of benzene rings is 1. The van der Waals surface area contributed by atoms with Crippen LogP contribution in [-0.4, -0.2) is 20.5 Å². The summed E-state index contributed by atoms with van der Waals surface area (Å²) in [4.78, 5) is 0. The largest absolute Gasteiger partial charge is 0.306 e. The Morgan fingerprint density at radius 3 is 2.75 bits per heavy atom. The van der Waals surface area contributed by atoms with Gasteiger partial charge >= 0.3 is 0 Å². The summed E-state index contributed by atoms with van der Waals surface area (Å²) in [5.74, 6) is -0.331. The fourth-order valence-electron chi connectivity index (χ4n) is 1.68. The summed E-state index contributed by atoms with van der Waals surface area (Å²) < 4.78 is 15.3. The number of nitrogens with zero attached hydrogens (tertiary/aromatic N) is 3. The molecule has 6 heteroatoms. The van der Waals surface area contributed by atoms with Crippen molar-refractivity contribution in [1.29, 1.82) is 0 Å².